The number of aliphatic carboxylic acids is 1. The highest BCUT2D eigenvalue weighted by Gasteiger charge is 2.15. The van der Waals surface area contributed by atoms with Crippen LogP contribution < -0.4 is 4.74 Å². The normalized spacial score (nSPS) is 10.1. The molecule has 1 aromatic heterocycles. The van der Waals surface area contributed by atoms with Crippen molar-refractivity contribution < 1.29 is 14.6 Å². The van der Waals surface area contributed by atoms with Gasteiger partial charge in [0.05, 0.1) is 19.2 Å². The van der Waals surface area contributed by atoms with Crippen molar-refractivity contribution in [2.24, 2.45) is 0 Å². The van der Waals surface area contributed by atoms with E-state index in [1.807, 2.05) is 6.92 Å². The predicted molar refractivity (Wildman–Crippen MR) is 54.3 cm³/mol. The van der Waals surface area contributed by atoms with Gasteiger partial charge < -0.3 is 9.84 Å². The summed E-state index contributed by atoms with van der Waals surface area (Å²) in [6, 6.07) is 0. The number of carboxylic acid groups (broad SMARTS) is 1. The summed E-state index contributed by atoms with van der Waals surface area (Å²) in [6.07, 6.45) is 0.421. The predicted octanol–water partition coefficient (Wildman–Crippen LogP) is 1.33. The summed E-state index contributed by atoms with van der Waals surface area (Å²) in [5, 5.41) is 8.80. The lowest BCUT2D eigenvalue weighted by Crippen LogP contribution is -2.09. The van der Waals surface area contributed by atoms with E-state index >= 15 is 0 Å². The minimum absolute atomic E-state index is 0.0674. The van der Waals surface area contributed by atoms with Gasteiger partial charge >= 0.3 is 5.97 Å². The molecule has 5 nitrogen and oxygen atoms in total. The summed E-state index contributed by atoms with van der Waals surface area (Å²) in [7, 11) is 1.42. The van der Waals surface area contributed by atoms with Gasteiger partial charge in [-0.2, -0.15) is 4.98 Å². The molecule has 0 radical (unpaired) electrons. The number of carboxylic acids is 1. The number of nitrogens with zero attached hydrogens (tertiary/aromatic N) is 2. The monoisotopic (exact) mass is 230 g/mol. The van der Waals surface area contributed by atoms with Gasteiger partial charge in [-0.25, -0.2) is 4.98 Å². The number of rotatable bonds is 4. The SMILES string of the molecule is CCc1nc(Cl)nc(OC)c1CC(=O)O. The summed E-state index contributed by atoms with van der Waals surface area (Å²) in [5.74, 6) is -0.719. The summed E-state index contributed by atoms with van der Waals surface area (Å²) in [5.41, 5.74) is 1.09. The van der Waals surface area contributed by atoms with Crippen molar-refractivity contribution in [3.63, 3.8) is 0 Å². The van der Waals surface area contributed by atoms with Crippen molar-refractivity contribution in [2.45, 2.75) is 19.8 Å². The van der Waals surface area contributed by atoms with Crippen molar-refractivity contribution in [3.8, 4) is 5.88 Å². The van der Waals surface area contributed by atoms with Crippen molar-refractivity contribution in [2.75, 3.05) is 7.11 Å². The third kappa shape index (κ3) is 2.79. The van der Waals surface area contributed by atoms with E-state index in [0.29, 0.717) is 17.7 Å². The molecular formula is C9H11ClN2O3. The standard InChI is InChI=1S/C9H11ClN2O3/c1-3-6-5(4-7(13)14)8(15-2)12-9(10)11-6/h3-4H2,1-2H3,(H,13,14). The van der Waals surface area contributed by atoms with Crippen LogP contribution in [0.25, 0.3) is 0 Å². The molecule has 0 saturated heterocycles. The number of hydrogen-bond acceptors (Lipinski definition) is 4. The second-order valence-electron chi connectivity index (χ2n) is 2.85. The van der Waals surface area contributed by atoms with E-state index in [2.05, 4.69) is 9.97 Å². The maximum Gasteiger partial charge on any atom is 0.308 e. The van der Waals surface area contributed by atoms with Crippen LogP contribution in [0.5, 0.6) is 5.88 Å². The molecule has 0 aliphatic heterocycles. The van der Waals surface area contributed by atoms with Crippen LogP contribution in [-0.2, 0) is 17.6 Å². The van der Waals surface area contributed by atoms with Crippen molar-refractivity contribution in [3.05, 3.63) is 16.5 Å². The fourth-order valence-corrected chi connectivity index (χ4v) is 1.45. The molecule has 0 unspecified atom stereocenters. The average molecular weight is 231 g/mol. The summed E-state index contributed by atoms with van der Waals surface area (Å²) in [4.78, 5) is 18.4. The van der Waals surface area contributed by atoms with E-state index in [1.54, 1.807) is 0 Å². The van der Waals surface area contributed by atoms with Crippen LogP contribution >= 0.6 is 11.6 Å². The van der Waals surface area contributed by atoms with E-state index in [0.717, 1.165) is 0 Å². The van der Waals surface area contributed by atoms with Crippen LogP contribution in [0.4, 0.5) is 0 Å². The van der Waals surface area contributed by atoms with Crippen LogP contribution in [0, 0.1) is 0 Å². The number of aryl methyl sites for hydroxylation is 1. The third-order valence-electron chi connectivity index (χ3n) is 1.88. The molecule has 1 aromatic rings. The molecule has 0 atom stereocenters. The molecule has 0 spiro atoms. The first-order chi connectivity index (χ1) is 7.08. The first kappa shape index (κ1) is 11.7. The zero-order chi connectivity index (χ0) is 11.4. The maximum absolute atomic E-state index is 10.6. The van der Waals surface area contributed by atoms with Gasteiger partial charge in [0.15, 0.2) is 0 Å². The number of methoxy groups -OCH3 is 1. The highest BCUT2D eigenvalue weighted by Crippen LogP contribution is 2.21. The molecular weight excluding hydrogens is 220 g/mol. The molecule has 1 heterocycles. The molecule has 15 heavy (non-hydrogen) atoms. The Morgan fingerprint density at radius 3 is 2.67 bits per heavy atom. The summed E-state index contributed by atoms with van der Waals surface area (Å²) in [6.45, 7) is 1.86. The molecule has 0 saturated carbocycles. The van der Waals surface area contributed by atoms with Crippen LogP contribution in [-0.4, -0.2) is 28.2 Å². The fourth-order valence-electron chi connectivity index (χ4n) is 1.27. The highest BCUT2D eigenvalue weighted by molar-refractivity contribution is 6.28. The van der Waals surface area contributed by atoms with E-state index in [1.165, 1.54) is 7.11 Å². The van der Waals surface area contributed by atoms with E-state index < -0.39 is 5.97 Å². The van der Waals surface area contributed by atoms with Gasteiger partial charge in [0.1, 0.15) is 0 Å². The van der Waals surface area contributed by atoms with Gasteiger partial charge in [-0.05, 0) is 18.0 Å². The van der Waals surface area contributed by atoms with Gasteiger partial charge in [-0.15, -0.1) is 0 Å². The van der Waals surface area contributed by atoms with E-state index in [-0.39, 0.29) is 17.6 Å². The molecule has 0 amide bonds. The topological polar surface area (TPSA) is 72.3 Å². The quantitative estimate of drug-likeness (QED) is 0.790. The Hall–Kier alpha value is -1.36. The maximum atomic E-state index is 10.6. The molecule has 0 aromatic carbocycles. The van der Waals surface area contributed by atoms with Gasteiger partial charge in [-0.1, -0.05) is 6.92 Å². The zero-order valence-corrected chi connectivity index (χ0v) is 9.21. The van der Waals surface area contributed by atoms with Crippen LogP contribution in [0.1, 0.15) is 18.2 Å². The Morgan fingerprint density at radius 2 is 2.20 bits per heavy atom. The largest absolute Gasteiger partial charge is 0.481 e. The lowest BCUT2D eigenvalue weighted by atomic mass is 10.1. The van der Waals surface area contributed by atoms with Crippen LogP contribution in [0.2, 0.25) is 5.28 Å². The fraction of sp³-hybridized carbons (Fsp3) is 0.444. The van der Waals surface area contributed by atoms with Crippen molar-refractivity contribution >= 4 is 17.6 Å². The molecule has 1 rings (SSSR count). The molecule has 6 heteroatoms. The summed E-state index contributed by atoms with van der Waals surface area (Å²) < 4.78 is 4.97. The zero-order valence-electron chi connectivity index (χ0n) is 8.45. The van der Waals surface area contributed by atoms with Crippen LogP contribution in [0.3, 0.4) is 0 Å². The smallest absolute Gasteiger partial charge is 0.308 e. The molecule has 0 fully saturated rings. The van der Waals surface area contributed by atoms with Crippen molar-refractivity contribution in [1.82, 2.24) is 9.97 Å². The Balaban J connectivity index is 3.23. The molecule has 82 valence electrons. The van der Waals surface area contributed by atoms with E-state index in [4.69, 9.17) is 21.4 Å². The Bertz CT molecular complexity index is 357. The molecule has 0 aliphatic carbocycles. The van der Waals surface area contributed by atoms with Gasteiger partial charge in [0.25, 0.3) is 0 Å². The lowest BCUT2D eigenvalue weighted by molar-refractivity contribution is -0.136. The summed E-state index contributed by atoms with van der Waals surface area (Å²) >= 11 is 5.67. The molecule has 0 bridgehead atoms. The third-order valence-corrected chi connectivity index (χ3v) is 2.05. The van der Waals surface area contributed by atoms with Crippen molar-refractivity contribution in [1.29, 1.82) is 0 Å². The number of hydrogen-bond donors (Lipinski definition) is 1. The number of carbonyl (C=O) groups is 1. The number of halogens is 1. The Labute approximate surface area is 92.1 Å². The second kappa shape index (κ2) is 4.93. The van der Waals surface area contributed by atoms with E-state index in [9.17, 15) is 4.79 Å². The first-order valence-corrected chi connectivity index (χ1v) is 4.77. The Morgan fingerprint density at radius 1 is 1.53 bits per heavy atom. The second-order valence-corrected chi connectivity index (χ2v) is 3.19. The number of aromatic nitrogens is 2. The minimum atomic E-state index is -0.950. The Kier molecular flexibility index (Phi) is 3.85. The molecule has 1 N–H and O–H groups in total. The highest BCUT2D eigenvalue weighted by atomic mass is 35.5. The first-order valence-electron chi connectivity index (χ1n) is 4.39. The van der Waals surface area contributed by atoms with Gasteiger partial charge in [0, 0.05) is 5.56 Å². The lowest BCUT2D eigenvalue weighted by Gasteiger charge is -2.09. The minimum Gasteiger partial charge on any atom is -0.481 e. The van der Waals surface area contributed by atoms with Gasteiger partial charge in [0.2, 0.25) is 11.2 Å². The average Bonchev–Trinajstić information content (AvgIpc) is 2.19. The number of ether oxygens (including phenoxy) is 1. The molecule has 0 aliphatic rings. The van der Waals surface area contributed by atoms with Crippen LogP contribution in [0.15, 0.2) is 0 Å². The van der Waals surface area contributed by atoms with Gasteiger partial charge in [-0.3, -0.25) is 4.79 Å².